The lowest BCUT2D eigenvalue weighted by molar-refractivity contribution is 0.0728. The average Bonchev–Trinajstić information content (AvgIpc) is 2.78. The van der Waals surface area contributed by atoms with Crippen LogP contribution in [-0.2, 0) is 0 Å². The number of hydrogen-bond acceptors (Lipinski definition) is 5. The summed E-state index contributed by atoms with van der Waals surface area (Å²) in [5.74, 6) is -0.260. The van der Waals surface area contributed by atoms with Crippen LogP contribution < -0.4 is 14.9 Å². The highest BCUT2D eigenvalue weighted by Crippen LogP contribution is 2.29. The molecule has 8 heteroatoms. The number of halogens is 2. The molecule has 0 aliphatic rings. The smallest absolute Gasteiger partial charge is 0.343 e. The van der Waals surface area contributed by atoms with Crippen molar-refractivity contribution in [2.45, 2.75) is 6.92 Å². The summed E-state index contributed by atoms with van der Waals surface area (Å²) < 4.78 is 11.0. The van der Waals surface area contributed by atoms with Crippen LogP contribution >= 0.6 is 23.2 Å². The first kappa shape index (κ1) is 22.3. The van der Waals surface area contributed by atoms with Crippen LogP contribution in [0.2, 0.25) is 10.0 Å². The van der Waals surface area contributed by atoms with Crippen LogP contribution in [0.4, 0.5) is 0 Å². The predicted octanol–water partition coefficient (Wildman–Crippen LogP) is 5.38. The van der Waals surface area contributed by atoms with Gasteiger partial charge in [-0.1, -0.05) is 41.4 Å². The van der Waals surface area contributed by atoms with Crippen molar-refractivity contribution in [1.82, 2.24) is 5.43 Å². The largest absolute Gasteiger partial charge is 0.490 e. The third-order valence-corrected chi connectivity index (χ3v) is 4.78. The van der Waals surface area contributed by atoms with Crippen LogP contribution in [0.15, 0.2) is 71.8 Å². The van der Waals surface area contributed by atoms with E-state index in [2.05, 4.69) is 10.5 Å². The number of carbonyl (C=O) groups is 2. The maximum absolute atomic E-state index is 12.3. The molecular formula is C23H18Cl2N2O4. The van der Waals surface area contributed by atoms with Crippen LogP contribution in [-0.4, -0.2) is 24.7 Å². The number of hydrogen-bond donors (Lipinski definition) is 1. The molecule has 3 aromatic carbocycles. The Bertz CT molecular complexity index is 1120. The number of ether oxygens (including phenoxy) is 2. The van der Waals surface area contributed by atoms with Crippen molar-refractivity contribution in [3.05, 3.63) is 93.5 Å². The fourth-order valence-corrected chi connectivity index (χ4v) is 2.86. The standard InChI is InChI=1S/C23H18Cl2N2O4/c1-2-30-21-12-15(8-11-20(21)31-23(29)16-6-4-3-5-7-16)14-26-27-22(28)17-9-10-18(24)19(25)13-17/h3-14H,2H2,1H3,(H,27,28)/b26-14-. The molecule has 0 radical (unpaired) electrons. The number of hydrazone groups is 1. The lowest BCUT2D eigenvalue weighted by Crippen LogP contribution is -2.17. The Labute approximate surface area is 189 Å². The highest BCUT2D eigenvalue weighted by atomic mass is 35.5. The van der Waals surface area contributed by atoms with Gasteiger partial charge in [-0.15, -0.1) is 0 Å². The minimum absolute atomic E-state index is 0.278. The zero-order valence-electron chi connectivity index (χ0n) is 16.5. The number of rotatable bonds is 7. The van der Waals surface area contributed by atoms with E-state index in [1.165, 1.54) is 18.3 Å². The Morgan fingerprint density at radius 1 is 0.935 bits per heavy atom. The van der Waals surface area contributed by atoms with E-state index in [4.69, 9.17) is 32.7 Å². The second kappa shape index (κ2) is 10.6. The molecule has 0 aromatic heterocycles. The van der Waals surface area contributed by atoms with Crippen molar-refractivity contribution in [2.75, 3.05) is 6.61 Å². The maximum atomic E-state index is 12.3. The summed E-state index contributed by atoms with van der Waals surface area (Å²) in [5.41, 5.74) is 3.81. The maximum Gasteiger partial charge on any atom is 0.343 e. The van der Waals surface area contributed by atoms with Crippen molar-refractivity contribution in [2.24, 2.45) is 5.10 Å². The second-order valence-corrected chi connectivity index (χ2v) is 7.04. The molecule has 158 valence electrons. The lowest BCUT2D eigenvalue weighted by Gasteiger charge is -2.11. The van der Waals surface area contributed by atoms with Crippen LogP contribution in [0, 0.1) is 0 Å². The fraction of sp³-hybridized carbons (Fsp3) is 0.0870. The molecule has 0 fully saturated rings. The van der Waals surface area contributed by atoms with Crippen LogP contribution in [0.5, 0.6) is 11.5 Å². The third-order valence-electron chi connectivity index (χ3n) is 4.04. The minimum atomic E-state index is -0.489. The molecule has 0 saturated heterocycles. The van der Waals surface area contributed by atoms with Gasteiger partial charge in [-0.3, -0.25) is 4.79 Å². The van der Waals surface area contributed by atoms with Gasteiger partial charge >= 0.3 is 5.97 Å². The van der Waals surface area contributed by atoms with E-state index in [9.17, 15) is 9.59 Å². The summed E-state index contributed by atoms with van der Waals surface area (Å²) in [6, 6.07) is 18.1. The van der Waals surface area contributed by atoms with Crippen LogP contribution in [0.1, 0.15) is 33.2 Å². The van der Waals surface area contributed by atoms with Gasteiger partial charge in [0, 0.05) is 5.56 Å². The van der Waals surface area contributed by atoms with Gasteiger partial charge in [0.25, 0.3) is 5.91 Å². The average molecular weight is 457 g/mol. The van der Waals surface area contributed by atoms with Crippen molar-refractivity contribution in [3.8, 4) is 11.5 Å². The van der Waals surface area contributed by atoms with Gasteiger partial charge < -0.3 is 9.47 Å². The van der Waals surface area contributed by atoms with E-state index in [1.807, 2.05) is 13.0 Å². The SMILES string of the molecule is CCOc1cc(/C=N\NC(=O)c2ccc(Cl)c(Cl)c2)ccc1OC(=O)c1ccccc1. The van der Waals surface area contributed by atoms with E-state index >= 15 is 0 Å². The zero-order chi connectivity index (χ0) is 22.2. The van der Waals surface area contributed by atoms with Crippen molar-refractivity contribution >= 4 is 41.3 Å². The first-order valence-electron chi connectivity index (χ1n) is 9.30. The molecule has 0 aliphatic heterocycles. The molecule has 3 aromatic rings. The molecular weight excluding hydrogens is 439 g/mol. The lowest BCUT2D eigenvalue weighted by atomic mass is 10.2. The van der Waals surface area contributed by atoms with Gasteiger partial charge in [-0.05, 0) is 61.0 Å². The first-order chi connectivity index (χ1) is 15.0. The molecule has 31 heavy (non-hydrogen) atoms. The third kappa shape index (κ3) is 6.07. The second-order valence-electron chi connectivity index (χ2n) is 6.22. The number of nitrogens with zero attached hydrogens (tertiary/aromatic N) is 1. The van der Waals surface area contributed by atoms with Gasteiger partial charge in [0.2, 0.25) is 0 Å². The summed E-state index contributed by atoms with van der Waals surface area (Å²) in [6.07, 6.45) is 1.45. The molecule has 3 rings (SSSR count). The molecule has 0 heterocycles. The highest BCUT2D eigenvalue weighted by molar-refractivity contribution is 6.42. The number of amides is 1. The van der Waals surface area contributed by atoms with Gasteiger partial charge in [-0.2, -0.15) is 5.10 Å². The minimum Gasteiger partial charge on any atom is -0.490 e. The summed E-state index contributed by atoms with van der Waals surface area (Å²) in [5, 5.41) is 4.58. The Morgan fingerprint density at radius 3 is 2.42 bits per heavy atom. The molecule has 0 atom stereocenters. The number of benzene rings is 3. The zero-order valence-corrected chi connectivity index (χ0v) is 18.0. The topological polar surface area (TPSA) is 77.0 Å². The molecule has 1 N–H and O–H groups in total. The van der Waals surface area contributed by atoms with Gasteiger partial charge in [0.1, 0.15) is 0 Å². The van der Waals surface area contributed by atoms with E-state index in [1.54, 1.807) is 48.5 Å². The molecule has 0 unspecified atom stereocenters. The van der Waals surface area contributed by atoms with Gasteiger partial charge in [-0.25, -0.2) is 10.2 Å². The van der Waals surface area contributed by atoms with Gasteiger partial charge in [0.15, 0.2) is 11.5 Å². The van der Waals surface area contributed by atoms with Crippen molar-refractivity contribution in [3.63, 3.8) is 0 Å². The molecule has 6 nitrogen and oxygen atoms in total. The molecule has 0 saturated carbocycles. The van der Waals surface area contributed by atoms with Crippen LogP contribution in [0.3, 0.4) is 0 Å². The summed E-state index contributed by atoms with van der Waals surface area (Å²) in [7, 11) is 0. The van der Waals surface area contributed by atoms with E-state index < -0.39 is 11.9 Å². The van der Waals surface area contributed by atoms with E-state index in [-0.39, 0.29) is 10.8 Å². The summed E-state index contributed by atoms with van der Waals surface area (Å²) in [4.78, 5) is 24.5. The summed E-state index contributed by atoms with van der Waals surface area (Å²) >= 11 is 11.8. The molecule has 0 aliphatic carbocycles. The molecule has 0 spiro atoms. The quantitative estimate of drug-likeness (QED) is 0.224. The van der Waals surface area contributed by atoms with E-state index in [0.717, 1.165) is 0 Å². The number of esters is 1. The number of nitrogens with one attached hydrogen (secondary N) is 1. The number of carbonyl (C=O) groups excluding carboxylic acids is 2. The molecule has 0 bridgehead atoms. The Kier molecular flexibility index (Phi) is 7.65. The normalized spacial score (nSPS) is 10.7. The van der Waals surface area contributed by atoms with Gasteiger partial charge in [0.05, 0.1) is 28.4 Å². The van der Waals surface area contributed by atoms with Crippen molar-refractivity contribution in [1.29, 1.82) is 0 Å². The summed E-state index contributed by atoms with van der Waals surface area (Å²) in [6.45, 7) is 2.20. The van der Waals surface area contributed by atoms with Crippen LogP contribution in [0.25, 0.3) is 0 Å². The monoisotopic (exact) mass is 456 g/mol. The Balaban J connectivity index is 1.70. The highest BCUT2D eigenvalue weighted by Gasteiger charge is 2.13. The van der Waals surface area contributed by atoms with E-state index in [0.29, 0.717) is 34.1 Å². The predicted molar refractivity (Wildman–Crippen MR) is 121 cm³/mol. The Hall–Kier alpha value is -3.35. The van der Waals surface area contributed by atoms with Crippen molar-refractivity contribution < 1.29 is 19.1 Å². The molecule has 1 amide bonds. The fourth-order valence-electron chi connectivity index (χ4n) is 2.56. The Morgan fingerprint density at radius 2 is 1.71 bits per heavy atom. The first-order valence-corrected chi connectivity index (χ1v) is 10.1.